The molecule has 0 bridgehead atoms. The van der Waals surface area contributed by atoms with Crippen LogP contribution in [0.5, 0.6) is 0 Å². The summed E-state index contributed by atoms with van der Waals surface area (Å²) in [5.41, 5.74) is 5.56. The molecule has 0 radical (unpaired) electrons. The van der Waals surface area contributed by atoms with Gasteiger partial charge in [0.15, 0.2) is 0 Å². The van der Waals surface area contributed by atoms with Crippen LogP contribution in [0.2, 0.25) is 0 Å². The zero-order valence-corrected chi connectivity index (χ0v) is 15.6. The Bertz CT molecular complexity index is 613. The van der Waals surface area contributed by atoms with Crippen molar-refractivity contribution in [2.45, 2.75) is 50.4 Å². The van der Waals surface area contributed by atoms with E-state index in [1.165, 1.54) is 11.8 Å². The van der Waals surface area contributed by atoms with Gasteiger partial charge in [0.25, 0.3) is 0 Å². The van der Waals surface area contributed by atoms with Crippen LogP contribution >= 0.6 is 12.6 Å². The molecule has 11 nitrogen and oxygen atoms in total. The lowest BCUT2D eigenvalue weighted by Gasteiger charge is -2.27. The maximum absolute atomic E-state index is 12.5. The average Bonchev–Trinajstić information content (AvgIpc) is 3.06. The van der Waals surface area contributed by atoms with Crippen LogP contribution in [-0.4, -0.2) is 81.2 Å². The standard InChI is InChI=1S/C15H24N4O7S/c1-7(16)14(24)19-4-2-3-10(19)13(23)17-8(5-11(20)21)12(22)18-9(6-27)15(25)26/h7-10,27H,2-6,16H2,1H3,(H,17,23)(H,18,22)(H,20,21)(H,25,26). The summed E-state index contributed by atoms with van der Waals surface area (Å²) in [6.45, 7) is 1.81. The number of aliphatic carboxylic acids is 2. The summed E-state index contributed by atoms with van der Waals surface area (Å²) >= 11 is 3.81. The summed E-state index contributed by atoms with van der Waals surface area (Å²) in [6.07, 6.45) is 0.164. The molecule has 0 spiro atoms. The lowest BCUT2D eigenvalue weighted by molar-refractivity contribution is -0.144. The second-order valence-corrected chi connectivity index (χ2v) is 6.58. The first kappa shape index (κ1) is 22.7. The lowest BCUT2D eigenvalue weighted by Crippen LogP contribution is -2.57. The molecule has 4 unspecified atom stereocenters. The predicted molar refractivity (Wildman–Crippen MR) is 96.0 cm³/mol. The molecular weight excluding hydrogens is 380 g/mol. The van der Waals surface area contributed by atoms with E-state index in [1.54, 1.807) is 0 Å². The quantitative estimate of drug-likeness (QED) is 0.234. The van der Waals surface area contributed by atoms with Crippen molar-refractivity contribution in [1.82, 2.24) is 15.5 Å². The zero-order valence-electron chi connectivity index (χ0n) is 14.8. The molecule has 12 heteroatoms. The number of hydrogen-bond donors (Lipinski definition) is 6. The lowest BCUT2D eigenvalue weighted by atomic mass is 10.1. The smallest absolute Gasteiger partial charge is 0.327 e. The van der Waals surface area contributed by atoms with Gasteiger partial charge in [-0.05, 0) is 19.8 Å². The highest BCUT2D eigenvalue weighted by Gasteiger charge is 2.37. The molecule has 3 amide bonds. The predicted octanol–water partition coefficient (Wildman–Crippen LogP) is -2.22. The third-order valence-electron chi connectivity index (χ3n) is 4.04. The van der Waals surface area contributed by atoms with E-state index in [0.717, 1.165) is 0 Å². The number of likely N-dealkylation sites (tertiary alicyclic amines) is 1. The van der Waals surface area contributed by atoms with E-state index < -0.39 is 60.2 Å². The topological polar surface area (TPSA) is 179 Å². The number of nitrogens with one attached hydrogen (secondary N) is 2. The van der Waals surface area contributed by atoms with Crippen molar-refractivity contribution in [3.05, 3.63) is 0 Å². The normalized spacial score (nSPS) is 19.7. The van der Waals surface area contributed by atoms with Gasteiger partial charge < -0.3 is 31.5 Å². The third kappa shape index (κ3) is 6.40. The molecule has 0 aromatic heterocycles. The van der Waals surface area contributed by atoms with Crippen LogP contribution in [0.15, 0.2) is 0 Å². The number of carbonyl (C=O) groups excluding carboxylic acids is 3. The van der Waals surface area contributed by atoms with E-state index in [2.05, 4.69) is 23.3 Å². The van der Waals surface area contributed by atoms with Gasteiger partial charge >= 0.3 is 11.9 Å². The van der Waals surface area contributed by atoms with Crippen molar-refractivity contribution in [1.29, 1.82) is 0 Å². The largest absolute Gasteiger partial charge is 0.481 e. The number of thiol groups is 1. The highest BCUT2D eigenvalue weighted by molar-refractivity contribution is 7.80. The fourth-order valence-electron chi connectivity index (χ4n) is 2.67. The number of hydrogen-bond acceptors (Lipinski definition) is 7. The number of carboxylic acid groups (broad SMARTS) is 2. The van der Waals surface area contributed by atoms with E-state index >= 15 is 0 Å². The SMILES string of the molecule is CC(N)C(=O)N1CCCC1C(=O)NC(CC(=O)O)C(=O)NC(CS)C(=O)O. The number of carboxylic acids is 2. The number of rotatable bonds is 9. The number of carbonyl (C=O) groups is 5. The number of nitrogens with two attached hydrogens (primary N) is 1. The minimum atomic E-state index is -1.50. The molecule has 1 rings (SSSR count). The summed E-state index contributed by atoms with van der Waals surface area (Å²) in [7, 11) is 0. The van der Waals surface area contributed by atoms with Gasteiger partial charge in [-0.15, -0.1) is 0 Å². The first-order chi connectivity index (χ1) is 12.6. The highest BCUT2D eigenvalue weighted by atomic mass is 32.1. The monoisotopic (exact) mass is 404 g/mol. The Hall–Kier alpha value is -2.34. The van der Waals surface area contributed by atoms with Crippen molar-refractivity contribution in [2.75, 3.05) is 12.3 Å². The molecule has 0 aromatic carbocycles. The van der Waals surface area contributed by atoms with Crippen molar-refractivity contribution < 1.29 is 34.2 Å². The minimum absolute atomic E-state index is 0.214. The zero-order chi connectivity index (χ0) is 20.7. The fourth-order valence-corrected chi connectivity index (χ4v) is 2.92. The van der Waals surface area contributed by atoms with Crippen LogP contribution in [0.4, 0.5) is 0 Å². The molecule has 4 atom stereocenters. The van der Waals surface area contributed by atoms with Gasteiger partial charge in [0, 0.05) is 12.3 Å². The third-order valence-corrected chi connectivity index (χ3v) is 4.40. The van der Waals surface area contributed by atoms with Crippen LogP contribution in [0.25, 0.3) is 0 Å². The van der Waals surface area contributed by atoms with Gasteiger partial charge in [0.2, 0.25) is 17.7 Å². The van der Waals surface area contributed by atoms with Gasteiger partial charge in [-0.2, -0.15) is 12.6 Å². The fraction of sp³-hybridized carbons (Fsp3) is 0.667. The van der Waals surface area contributed by atoms with E-state index in [-0.39, 0.29) is 5.75 Å². The molecule has 0 aromatic rings. The van der Waals surface area contributed by atoms with E-state index in [1.807, 2.05) is 0 Å². The summed E-state index contributed by atoms with van der Waals surface area (Å²) < 4.78 is 0. The molecular formula is C15H24N4O7S. The molecule has 152 valence electrons. The van der Waals surface area contributed by atoms with Crippen molar-refractivity contribution in [3.8, 4) is 0 Å². The Morgan fingerprint density at radius 1 is 1.19 bits per heavy atom. The Balaban J connectivity index is 2.87. The average molecular weight is 404 g/mol. The van der Waals surface area contributed by atoms with E-state index in [9.17, 15) is 24.0 Å². The van der Waals surface area contributed by atoms with Crippen LogP contribution in [0.3, 0.4) is 0 Å². The van der Waals surface area contributed by atoms with Crippen LogP contribution in [0.1, 0.15) is 26.2 Å². The number of amides is 3. The van der Waals surface area contributed by atoms with Crippen molar-refractivity contribution >= 4 is 42.3 Å². The molecule has 1 heterocycles. The van der Waals surface area contributed by atoms with Gasteiger partial charge in [-0.3, -0.25) is 19.2 Å². The highest BCUT2D eigenvalue weighted by Crippen LogP contribution is 2.18. The maximum atomic E-state index is 12.5. The summed E-state index contributed by atoms with van der Waals surface area (Å²) in [4.78, 5) is 60.2. The first-order valence-corrected chi connectivity index (χ1v) is 8.94. The van der Waals surface area contributed by atoms with E-state index in [0.29, 0.717) is 19.4 Å². The second kappa shape index (κ2) is 10.1. The maximum Gasteiger partial charge on any atom is 0.327 e. The molecule has 0 aliphatic carbocycles. The molecule has 1 saturated heterocycles. The Morgan fingerprint density at radius 2 is 1.81 bits per heavy atom. The Kier molecular flexibility index (Phi) is 8.50. The molecule has 0 saturated carbocycles. The van der Waals surface area contributed by atoms with Gasteiger partial charge in [0.1, 0.15) is 18.1 Å². The van der Waals surface area contributed by atoms with Gasteiger partial charge in [-0.25, -0.2) is 4.79 Å². The molecule has 6 N–H and O–H groups in total. The van der Waals surface area contributed by atoms with Crippen LogP contribution in [0, 0.1) is 0 Å². The second-order valence-electron chi connectivity index (χ2n) is 6.22. The van der Waals surface area contributed by atoms with Crippen LogP contribution < -0.4 is 16.4 Å². The van der Waals surface area contributed by atoms with Gasteiger partial charge in [0.05, 0.1) is 12.5 Å². The Morgan fingerprint density at radius 3 is 2.30 bits per heavy atom. The molecule has 1 aliphatic heterocycles. The summed E-state index contributed by atoms with van der Waals surface area (Å²) in [5.74, 6) is -5.00. The molecule has 1 fully saturated rings. The number of nitrogens with zero attached hydrogens (tertiary/aromatic N) is 1. The van der Waals surface area contributed by atoms with Gasteiger partial charge in [-0.1, -0.05) is 0 Å². The molecule has 27 heavy (non-hydrogen) atoms. The van der Waals surface area contributed by atoms with Crippen LogP contribution in [-0.2, 0) is 24.0 Å². The van der Waals surface area contributed by atoms with Crippen molar-refractivity contribution in [2.24, 2.45) is 5.73 Å². The summed E-state index contributed by atoms with van der Waals surface area (Å²) in [6, 6.07) is -4.50. The van der Waals surface area contributed by atoms with E-state index in [4.69, 9.17) is 15.9 Å². The first-order valence-electron chi connectivity index (χ1n) is 8.30. The summed E-state index contributed by atoms with van der Waals surface area (Å²) in [5, 5.41) is 22.4. The van der Waals surface area contributed by atoms with Crippen molar-refractivity contribution in [3.63, 3.8) is 0 Å². The minimum Gasteiger partial charge on any atom is -0.481 e. The molecule has 1 aliphatic rings. The Labute approximate surface area is 161 Å².